The van der Waals surface area contributed by atoms with Crippen LogP contribution in [-0.4, -0.2) is 11.3 Å². The topological polar surface area (TPSA) is 48.1 Å². The molecule has 3 nitrogen and oxygen atoms in total. The number of pyridine rings is 1. The van der Waals surface area contributed by atoms with Gasteiger partial charge in [0.2, 0.25) is 0 Å². The highest BCUT2D eigenvalue weighted by Gasteiger charge is 2.31. The van der Waals surface area contributed by atoms with Crippen molar-refractivity contribution < 1.29 is 17.9 Å². The van der Waals surface area contributed by atoms with Crippen molar-refractivity contribution >= 4 is 0 Å². The van der Waals surface area contributed by atoms with Crippen LogP contribution >= 0.6 is 0 Å². The van der Waals surface area contributed by atoms with E-state index in [9.17, 15) is 13.2 Å². The average Bonchev–Trinajstić information content (AvgIpc) is 2.01. The first-order valence-electron chi connectivity index (χ1n) is 3.41. The predicted molar refractivity (Wildman–Crippen MR) is 38.8 cm³/mol. The lowest BCUT2D eigenvalue weighted by Crippen LogP contribution is -2.17. The van der Waals surface area contributed by atoms with Crippen LogP contribution in [0.1, 0.15) is 5.56 Å². The Hall–Kier alpha value is -1.30. The van der Waals surface area contributed by atoms with Gasteiger partial charge in [-0.05, 0) is 11.6 Å². The molecule has 72 valence electrons. The van der Waals surface area contributed by atoms with Gasteiger partial charge in [-0.3, -0.25) is 4.98 Å². The third-order valence-corrected chi connectivity index (χ3v) is 1.24. The van der Waals surface area contributed by atoms with Crippen molar-refractivity contribution in [3.05, 3.63) is 24.0 Å². The maximum Gasteiger partial charge on any atom is 0.573 e. The Morgan fingerprint density at radius 3 is 2.62 bits per heavy atom. The van der Waals surface area contributed by atoms with Crippen LogP contribution in [0.15, 0.2) is 18.5 Å². The van der Waals surface area contributed by atoms with Crippen molar-refractivity contribution in [2.75, 3.05) is 0 Å². The van der Waals surface area contributed by atoms with Gasteiger partial charge in [-0.2, -0.15) is 0 Å². The smallest absolute Gasteiger partial charge is 0.404 e. The van der Waals surface area contributed by atoms with Gasteiger partial charge < -0.3 is 10.5 Å². The number of nitrogens with two attached hydrogens (primary N) is 1. The monoisotopic (exact) mass is 192 g/mol. The van der Waals surface area contributed by atoms with E-state index in [-0.39, 0.29) is 12.3 Å². The third-order valence-electron chi connectivity index (χ3n) is 1.24. The van der Waals surface area contributed by atoms with Gasteiger partial charge in [0.15, 0.2) is 0 Å². The fraction of sp³-hybridized carbons (Fsp3) is 0.286. The molecule has 0 aliphatic heterocycles. The Kier molecular flexibility index (Phi) is 2.72. The fourth-order valence-corrected chi connectivity index (χ4v) is 0.765. The van der Waals surface area contributed by atoms with Crippen molar-refractivity contribution in [2.45, 2.75) is 12.9 Å². The maximum atomic E-state index is 11.7. The Labute approximate surface area is 72.3 Å². The first-order chi connectivity index (χ1) is 6.01. The van der Waals surface area contributed by atoms with Gasteiger partial charge in [0.25, 0.3) is 0 Å². The molecule has 1 heterocycles. The van der Waals surface area contributed by atoms with Gasteiger partial charge in [-0.25, -0.2) is 0 Å². The number of alkyl halides is 3. The first kappa shape index (κ1) is 9.79. The summed E-state index contributed by atoms with van der Waals surface area (Å²) in [6, 6.07) is 1.19. The number of rotatable bonds is 2. The van der Waals surface area contributed by atoms with Gasteiger partial charge in [0, 0.05) is 12.7 Å². The zero-order chi connectivity index (χ0) is 9.90. The van der Waals surface area contributed by atoms with Crippen LogP contribution < -0.4 is 10.5 Å². The average molecular weight is 192 g/mol. The van der Waals surface area contributed by atoms with E-state index in [2.05, 4.69) is 9.72 Å². The van der Waals surface area contributed by atoms with Crippen LogP contribution in [0, 0.1) is 0 Å². The molecule has 0 aliphatic rings. The van der Waals surface area contributed by atoms with Gasteiger partial charge in [-0.1, -0.05) is 0 Å². The highest BCUT2D eigenvalue weighted by Crippen LogP contribution is 2.22. The summed E-state index contributed by atoms with van der Waals surface area (Å²) in [5.41, 5.74) is 5.69. The molecule has 2 N–H and O–H groups in total. The molecule has 6 heteroatoms. The third kappa shape index (κ3) is 3.29. The minimum atomic E-state index is -4.69. The summed E-state index contributed by atoms with van der Waals surface area (Å²) in [4.78, 5) is 3.53. The molecule has 0 aliphatic carbocycles. The Morgan fingerprint density at radius 2 is 2.08 bits per heavy atom. The van der Waals surface area contributed by atoms with E-state index in [1.165, 1.54) is 12.3 Å². The standard InChI is InChI=1S/C7H7F3N2O/c8-7(9,10)13-6-1-5(2-11)3-12-4-6/h1,3-4H,2,11H2. The molecule has 0 unspecified atom stereocenters. The lowest BCUT2D eigenvalue weighted by molar-refractivity contribution is -0.274. The molecule has 1 aromatic heterocycles. The Bertz CT molecular complexity index is 287. The van der Waals surface area contributed by atoms with Crippen LogP contribution in [-0.2, 0) is 6.54 Å². The summed E-state index contributed by atoms with van der Waals surface area (Å²) in [5, 5.41) is 0. The number of halogens is 3. The molecule has 0 bridgehead atoms. The van der Waals surface area contributed by atoms with Gasteiger partial charge in [0.05, 0.1) is 6.20 Å². The number of hydrogen-bond donors (Lipinski definition) is 1. The molecule has 1 aromatic rings. The zero-order valence-corrected chi connectivity index (χ0v) is 6.51. The van der Waals surface area contributed by atoms with E-state index in [0.29, 0.717) is 5.56 Å². The van der Waals surface area contributed by atoms with Crippen LogP contribution in [0.3, 0.4) is 0 Å². The van der Waals surface area contributed by atoms with Crippen LogP contribution in [0.25, 0.3) is 0 Å². The molecule has 0 amide bonds. The van der Waals surface area contributed by atoms with Crippen molar-refractivity contribution in [3.63, 3.8) is 0 Å². The van der Waals surface area contributed by atoms with Gasteiger partial charge in [0.1, 0.15) is 5.75 Å². The number of ether oxygens (including phenoxy) is 1. The van der Waals surface area contributed by atoms with Gasteiger partial charge >= 0.3 is 6.36 Å². The van der Waals surface area contributed by atoms with E-state index in [1.807, 2.05) is 0 Å². The van der Waals surface area contributed by atoms with E-state index >= 15 is 0 Å². The highest BCUT2D eigenvalue weighted by molar-refractivity contribution is 5.23. The normalized spacial score (nSPS) is 11.4. The van der Waals surface area contributed by atoms with Crippen LogP contribution in [0.2, 0.25) is 0 Å². The molecule has 0 saturated carbocycles. The lowest BCUT2D eigenvalue weighted by atomic mass is 10.3. The Morgan fingerprint density at radius 1 is 1.38 bits per heavy atom. The number of hydrogen-bond acceptors (Lipinski definition) is 3. The summed E-state index contributed by atoms with van der Waals surface area (Å²) < 4.78 is 38.7. The SMILES string of the molecule is NCc1cncc(OC(F)(F)F)c1. The summed E-state index contributed by atoms with van der Waals surface area (Å²) >= 11 is 0. The fourth-order valence-electron chi connectivity index (χ4n) is 0.765. The summed E-state index contributed by atoms with van der Waals surface area (Å²) in [6.45, 7) is 0.127. The van der Waals surface area contributed by atoms with Crippen molar-refractivity contribution in [3.8, 4) is 5.75 Å². The van der Waals surface area contributed by atoms with E-state index < -0.39 is 6.36 Å². The molecule has 0 atom stereocenters. The van der Waals surface area contributed by atoms with E-state index in [0.717, 1.165) is 6.20 Å². The number of nitrogens with zero attached hydrogens (tertiary/aromatic N) is 1. The molecule has 0 saturated heterocycles. The first-order valence-corrected chi connectivity index (χ1v) is 3.41. The van der Waals surface area contributed by atoms with Crippen molar-refractivity contribution in [1.29, 1.82) is 0 Å². The second-order valence-corrected chi connectivity index (χ2v) is 2.28. The molecule has 0 spiro atoms. The zero-order valence-electron chi connectivity index (χ0n) is 6.51. The molecule has 1 rings (SSSR count). The minimum absolute atomic E-state index is 0.127. The second kappa shape index (κ2) is 3.61. The Balaban J connectivity index is 2.78. The van der Waals surface area contributed by atoms with Crippen LogP contribution in [0.5, 0.6) is 5.75 Å². The second-order valence-electron chi connectivity index (χ2n) is 2.28. The summed E-state index contributed by atoms with van der Waals surface area (Å²) in [6.07, 6.45) is -2.33. The maximum absolute atomic E-state index is 11.7. The van der Waals surface area contributed by atoms with E-state index in [4.69, 9.17) is 5.73 Å². The highest BCUT2D eigenvalue weighted by atomic mass is 19.4. The molecular weight excluding hydrogens is 185 g/mol. The molecule has 0 fully saturated rings. The van der Waals surface area contributed by atoms with E-state index in [1.54, 1.807) is 0 Å². The molecule has 13 heavy (non-hydrogen) atoms. The van der Waals surface area contributed by atoms with Crippen LogP contribution in [0.4, 0.5) is 13.2 Å². The lowest BCUT2D eigenvalue weighted by Gasteiger charge is -2.08. The molecule has 0 radical (unpaired) electrons. The largest absolute Gasteiger partial charge is 0.573 e. The quantitative estimate of drug-likeness (QED) is 0.771. The van der Waals surface area contributed by atoms with Crippen molar-refractivity contribution in [1.82, 2.24) is 4.98 Å². The summed E-state index contributed by atoms with van der Waals surface area (Å²) in [5.74, 6) is -0.351. The molecule has 0 aromatic carbocycles. The minimum Gasteiger partial charge on any atom is -0.404 e. The van der Waals surface area contributed by atoms with Crippen molar-refractivity contribution in [2.24, 2.45) is 5.73 Å². The summed E-state index contributed by atoms with van der Waals surface area (Å²) in [7, 11) is 0. The molecular formula is C7H7F3N2O. The number of aromatic nitrogens is 1. The predicted octanol–water partition coefficient (Wildman–Crippen LogP) is 1.44. The van der Waals surface area contributed by atoms with Gasteiger partial charge in [-0.15, -0.1) is 13.2 Å².